The first-order chi connectivity index (χ1) is 41.0. The highest BCUT2D eigenvalue weighted by molar-refractivity contribution is 5.71. The van der Waals surface area contributed by atoms with E-state index in [1.165, 1.54) is 141 Å². The molecule has 0 saturated heterocycles. The topological polar surface area (TPSA) is 78.9 Å². The molecule has 0 aliphatic rings. The van der Waals surface area contributed by atoms with E-state index in [4.69, 9.17) is 14.2 Å². The molecule has 0 aromatic heterocycles. The maximum Gasteiger partial charge on any atom is 0.306 e. The van der Waals surface area contributed by atoms with Crippen molar-refractivity contribution < 1.29 is 28.6 Å². The average molecular weight is 1150 g/mol. The molecule has 1 atom stereocenters. The van der Waals surface area contributed by atoms with E-state index >= 15 is 0 Å². The van der Waals surface area contributed by atoms with E-state index in [2.05, 4.69) is 154 Å². The van der Waals surface area contributed by atoms with Crippen LogP contribution in [-0.2, 0) is 28.6 Å². The quantitative estimate of drug-likeness (QED) is 0.0261. The van der Waals surface area contributed by atoms with Crippen molar-refractivity contribution in [3.8, 4) is 0 Å². The second-order valence-electron chi connectivity index (χ2n) is 22.7. The van der Waals surface area contributed by atoms with E-state index in [1.807, 2.05) is 0 Å². The Hall–Kier alpha value is -4.45. The van der Waals surface area contributed by atoms with Crippen LogP contribution in [-0.4, -0.2) is 37.2 Å². The number of hydrogen-bond donors (Lipinski definition) is 0. The Morgan fingerprint density at radius 3 is 0.747 bits per heavy atom. The molecule has 0 spiro atoms. The lowest BCUT2D eigenvalue weighted by atomic mass is 10.1. The van der Waals surface area contributed by atoms with Gasteiger partial charge < -0.3 is 14.2 Å². The van der Waals surface area contributed by atoms with Gasteiger partial charge in [-0.2, -0.15) is 0 Å². The first-order valence-corrected chi connectivity index (χ1v) is 34.7. The predicted molar refractivity (Wildman–Crippen MR) is 362 cm³/mol. The largest absolute Gasteiger partial charge is 0.462 e. The van der Waals surface area contributed by atoms with E-state index in [0.717, 1.165) is 135 Å². The van der Waals surface area contributed by atoms with E-state index in [1.54, 1.807) is 0 Å². The highest BCUT2D eigenvalue weighted by Gasteiger charge is 2.19. The summed E-state index contributed by atoms with van der Waals surface area (Å²) in [6, 6.07) is 0. The number of ether oxygens (including phenoxy) is 3. The van der Waals surface area contributed by atoms with Crippen molar-refractivity contribution >= 4 is 17.9 Å². The molecule has 6 nitrogen and oxygen atoms in total. The van der Waals surface area contributed by atoms with Gasteiger partial charge in [0.15, 0.2) is 6.10 Å². The van der Waals surface area contributed by atoms with Gasteiger partial charge in [0.1, 0.15) is 13.2 Å². The van der Waals surface area contributed by atoms with Crippen molar-refractivity contribution in [1.82, 2.24) is 0 Å². The molecule has 0 rings (SSSR count). The minimum atomic E-state index is -0.794. The van der Waals surface area contributed by atoms with Gasteiger partial charge in [0.2, 0.25) is 0 Å². The van der Waals surface area contributed by atoms with Gasteiger partial charge in [0.05, 0.1) is 0 Å². The van der Waals surface area contributed by atoms with E-state index < -0.39 is 6.10 Å². The molecule has 0 aromatic rings. The third kappa shape index (κ3) is 68.2. The number of carbonyl (C=O) groups excluding carboxylic acids is 3. The molecule has 0 heterocycles. The molecule has 0 bridgehead atoms. The van der Waals surface area contributed by atoms with Gasteiger partial charge in [-0.25, -0.2) is 0 Å². The second kappa shape index (κ2) is 70.0. The first kappa shape index (κ1) is 78.5. The normalized spacial score (nSPS) is 13.0. The van der Waals surface area contributed by atoms with E-state index in [-0.39, 0.29) is 31.1 Å². The van der Waals surface area contributed by atoms with Gasteiger partial charge in [-0.3, -0.25) is 14.4 Å². The van der Waals surface area contributed by atoms with Gasteiger partial charge in [-0.15, -0.1) is 0 Å². The van der Waals surface area contributed by atoms with Crippen molar-refractivity contribution in [3.05, 3.63) is 134 Å². The number of esters is 3. The minimum Gasteiger partial charge on any atom is -0.462 e. The zero-order valence-corrected chi connectivity index (χ0v) is 54.2. The Bertz CT molecular complexity index is 1750. The number of allylic oxidation sites excluding steroid dienone is 22. The van der Waals surface area contributed by atoms with Crippen LogP contribution in [0.3, 0.4) is 0 Å². The molecule has 0 aromatic carbocycles. The molecule has 0 N–H and O–H groups in total. The monoisotopic (exact) mass is 1150 g/mol. The molecular formula is C77H128O6. The van der Waals surface area contributed by atoms with Gasteiger partial charge in [-0.1, -0.05) is 296 Å². The zero-order chi connectivity index (χ0) is 59.9. The van der Waals surface area contributed by atoms with Gasteiger partial charge >= 0.3 is 17.9 Å². The molecule has 83 heavy (non-hydrogen) atoms. The lowest BCUT2D eigenvalue weighted by Crippen LogP contribution is -2.30. The summed E-state index contributed by atoms with van der Waals surface area (Å²) in [6.45, 7) is 6.42. The first-order valence-electron chi connectivity index (χ1n) is 34.7. The molecule has 0 aliphatic carbocycles. The Labute approximate surface area is 513 Å². The second-order valence-corrected chi connectivity index (χ2v) is 22.7. The summed E-state index contributed by atoms with van der Waals surface area (Å²) in [5.74, 6) is -0.904. The summed E-state index contributed by atoms with van der Waals surface area (Å²) in [5.41, 5.74) is 0. The van der Waals surface area contributed by atoms with Crippen LogP contribution in [0.25, 0.3) is 0 Å². The summed E-state index contributed by atoms with van der Waals surface area (Å²) in [7, 11) is 0. The summed E-state index contributed by atoms with van der Waals surface area (Å²) in [4.78, 5) is 38.5. The van der Waals surface area contributed by atoms with E-state index in [9.17, 15) is 14.4 Å². The van der Waals surface area contributed by atoms with Crippen LogP contribution in [0.5, 0.6) is 0 Å². The van der Waals surface area contributed by atoms with Crippen LogP contribution < -0.4 is 0 Å². The molecule has 472 valence electrons. The van der Waals surface area contributed by atoms with Crippen molar-refractivity contribution in [2.45, 2.75) is 322 Å². The third-order valence-electron chi connectivity index (χ3n) is 14.6. The standard InChI is InChI=1S/C77H128O6/c1-4-7-10-13-16-19-22-25-28-31-33-34-35-36-37-38-39-40-41-42-44-46-49-52-55-58-61-64-67-70-76(79)82-73-74(72-81-75(78)69-66-63-60-57-54-51-48-45-30-27-24-21-18-15-12-9-6-3)83-77(80)71-68-65-62-59-56-53-50-47-43-32-29-26-23-20-17-14-11-8-5-2/h7,9-10,12,16,18-19,21,25-30,33-34,36-37,39-40,42,44,74H,4-6,8,11,13-15,17,20,22-24,31-32,35,38,41,43,45-73H2,1-3H3/b10-7-,12-9-,19-16-,21-18-,28-25-,29-26-,30-27-,34-33-,37-36-,40-39-,44-42-. The maximum atomic E-state index is 13.0. The van der Waals surface area contributed by atoms with Gasteiger partial charge in [0, 0.05) is 19.3 Å². The smallest absolute Gasteiger partial charge is 0.306 e. The third-order valence-corrected chi connectivity index (χ3v) is 14.6. The fourth-order valence-corrected chi connectivity index (χ4v) is 9.49. The lowest BCUT2D eigenvalue weighted by Gasteiger charge is -2.18. The number of unbranched alkanes of at least 4 members (excludes halogenated alkanes) is 29. The van der Waals surface area contributed by atoms with Crippen molar-refractivity contribution in [1.29, 1.82) is 0 Å². The Kier molecular flexibility index (Phi) is 66.3. The maximum absolute atomic E-state index is 13.0. The van der Waals surface area contributed by atoms with Crippen LogP contribution in [0.2, 0.25) is 0 Å². The van der Waals surface area contributed by atoms with Crippen molar-refractivity contribution in [3.63, 3.8) is 0 Å². The summed E-state index contributed by atoms with van der Waals surface area (Å²) in [5, 5.41) is 0. The van der Waals surface area contributed by atoms with Crippen LogP contribution in [0, 0.1) is 0 Å². The highest BCUT2D eigenvalue weighted by Crippen LogP contribution is 2.16. The SMILES string of the molecule is CC/C=C\C/C=C\C/C=C\C/C=C\C/C=C\C/C=C\C/C=C\CCCCCCCCCC(=O)OCC(COC(=O)CCCCCCCCC/C=C\C/C=C\C/C=C\CC)OC(=O)CCCCCCCCCCC/C=C\CCCCCCCC. The summed E-state index contributed by atoms with van der Waals surface area (Å²) in [6.07, 6.45) is 98.9. The number of rotatable bonds is 62. The van der Waals surface area contributed by atoms with Crippen LogP contribution in [0.4, 0.5) is 0 Å². The van der Waals surface area contributed by atoms with Gasteiger partial charge in [-0.05, 0) is 135 Å². The summed E-state index contributed by atoms with van der Waals surface area (Å²) >= 11 is 0. The molecule has 0 amide bonds. The molecular weight excluding hydrogens is 1020 g/mol. The predicted octanol–water partition coefficient (Wildman–Crippen LogP) is 24.1. The van der Waals surface area contributed by atoms with Crippen molar-refractivity contribution in [2.75, 3.05) is 13.2 Å². The fraction of sp³-hybridized carbons (Fsp3) is 0.675. The van der Waals surface area contributed by atoms with Crippen LogP contribution in [0.15, 0.2) is 134 Å². The molecule has 0 aliphatic heterocycles. The lowest BCUT2D eigenvalue weighted by molar-refractivity contribution is -0.167. The zero-order valence-electron chi connectivity index (χ0n) is 54.2. The van der Waals surface area contributed by atoms with Crippen LogP contribution in [0.1, 0.15) is 316 Å². The number of hydrogen-bond acceptors (Lipinski definition) is 6. The molecule has 6 heteroatoms. The van der Waals surface area contributed by atoms with E-state index in [0.29, 0.717) is 19.3 Å². The van der Waals surface area contributed by atoms with Crippen molar-refractivity contribution in [2.24, 2.45) is 0 Å². The molecule has 0 saturated carbocycles. The summed E-state index contributed by atoms with van der Waals surface area (Å²) < 4.78 is 17.0. The molecule has 1 unspecified atom stereocenters. The Balaban J connectivity index is 4.39. The minimum absolute atomic E-state index is 0.0896. The Morgan fingerprint density at radius 1 is 0.253 bits per heavy atom. The Morgan fingerprint density at radius 2 is 0.470 bits per heavy atom. The fourth-order valence-electron chi connectivity index (χ4n) is 9.49. The van der Waals surface area contributed by atoms with Crippen LogP contribution >= 0.6 is 0 Å². The average Bonchev–Trinajstić information content (AvgIpc) is 3.49. The van der Waals surface area contributed by atoms with Gasteiger partial charge in [0.25, 0.3) is 0 Å². The molecule has 0 radical (unpaired) electrons. The highest BCUT2D eigenvalue weighted by atomic mass is 16.6. The molecule has 0 fully saturated rings. The number of carbonyl (C=O) groups is 3.